The van der Waals surface area contributed by atoms with Crippen LogP contribution in [0.3, 0.4) is 0 Å². The van der Waals surface area contributed by atoms with E-state index in [1.807, 2.05) is 0 Å². The minimum Gasteiger partial charge on any atom is -0.379 e. The van der Waals surface area contributed by atoms with Gasteiger partial charge in [0.2, 0.25) is 0 Å². The van der Waals surface area contributed by atoms with E-state index in [1.54, 1.807) is 0 Å². The average molecular weight is 171 g/mol. The largest absolute Gasteiger partial charge is 0.379 e. The fraction of sp³-hybridized carbons (Fsp3) is 0.889. The molecule has 0 spiro atoms. The molecular formula is C9H17NS. The standard InChI is InChI=1S/C9H17NS/c1-2-3-4-5-6-8-7-10-9(8)11/h8H,2-7H2,1H3,(H,10,11). The Balaban J connectivity index is 1.91. The van der Waals surface area contributed by atoms with Gasteiger partial charge in [-0.05, 0) is 6.42 Å². The summed E-state index contributed by atoms with van der Waals surface area (Å²) >= 11 is 5.07. The maximum absolute atomic E-state index is 5.07. The smallest absolute Gasteiger partial charge is 0.0802 e. The number of rotatable bonds is 5. The highest BCUT2D eigenvalue weighted by Crippen LogP contribution is 2.16. The highest BCUT2D eigenvalue weighted by Gasteiger charge is 2.21. The van der Waals surface area contributed by atoms with Crippen LogP contribution in [0.15, 0.2) is 0 Å². The first kappa shape index (κ1) is 8.98. The summed E-state index contributed by atoms with van der Waals surface area (Å²) in [5.74, 6) is 0.724. The molecule has 0 bridgehead atoms. The second-order valence-electron chi connectivity index (χ2n) is 3.29. The molecule has 0 aromatic carbocycles. The molecule has 1 heterocycles. The van der Waals surface area contributed by atoms with Crippen molar-refractivity contribution in [3.05, 3.63) is 0 Å². The predicted molar refractivity (Wildman–Crippen MR) is 52.8 cm³/mol. The van der Waals surface area contributed by atoms with Crippen molar-refractivity contribution in [2.45, 2.75) is 39.0 Å². The third kappa shape index (κ3) is 2.78. The number of thiocarbonyl (C=S) groups is 1. The molecule has 64 valence electrons. The number of hydrogen-bond donors (Lipinski definition) is 1. The van der Waals surface area contributed by atoms with Crippen molar-refractivity contribution >= 4 is 17.2 Å². The second kappa shape index (κ2) is 4.70. The van der Waals surface area contributed by atoms with Crippen LogP contribution in [-0.2, 0) is 0 Å². The molecule has 0 saturated carbocycles. The molecule has 1 aliphatic heterocycles. The van der Waals surface area contributed by atoms with E-state index in [4.69, 9.17) is 12.2 Å². The van der Waals surface area contributed by atoms with E-state index in [0.29, 0.717) is 0 Å². The molecule has 1 aliphatic rings. The molecular weight excluding hydrogens is 154 g/mol. The Hall–Kier alpha value is -0.110. The zero-order valence-electron chi connectivity index (χ0n) is 7.23. The molecule has 1 fully saturated rings. The average Bonchev–Trinajstić information content (AvgIpc) is 2.02. The van der Waals surface area contributed by atoms with Crippen LogP contribution in [0.4, 0.5) is 0 Å². The Morgan fingerprint density at radius 3 is 2.73 bits per heavy atom. The Morgan fingerprint density at radius 1 is 1.45 bits per heavy atom. The lowest BCUT2D eigenvalue weighted by atomic mass is 9.95. The van der Waals surface area contributed by atoms with Crippen LogP contribution in [0.25, 0.3) is 0 Å². The van der Waals surface area contributed by atoms with E-state index in [9.17, 15) is 0 Å². The molecule has 1 nitrogen and oxygen atoms in total. The zero-order valence-corrected chi connectivity index (χ0v) is 8.04. The molecule has 0 aromatic rings. The summed E-state index contributed by atoms with van der Waals surface area (Å²) < 4.78 is 0. The maximum atomic E-state index is 5.07. The van der Waals surface area contributed by atoms with E-state index < -0.39 is 0 Å². The molecule has 1 N–H and O–H groups in total. The van der Waals surface area contributed by atoms with Crippen LogP contribution >= 0.6 is 12.2 Å². The van der Waals surface area contributed by atoms with Gasteiger partial charge < -0.3 is 5.32 Å². The van der Waals surface area contributed by atoms with Crippen LogP contribution < -0.4 is 5.32 Å². The van der Waals surface area contributed by atoms with Crippen LogP contribution in [-0.4, -0.2) is 11.5 Å². The van der Waals surface area contributed by atoms with Crippen molar-refractivity contribution in [2.75, 3.05) is 6.54 Å². The molecule has 1 rings (SSSR count). The number of hydrogen-bond acceptors (Lipinski definition) is 1. The lowest BCUT2D eigenvalue weighted by Gasteiger charge is -2.29. The fourth-order valence-electron chi connectivity index (χ4n) is 1.38. The van der Waals surface area contributed by atoms with Crippen molar-refractivity contribution in [3.8, 4) is 0 Å². The Bertz CT molecular complexity index is 134. The Labute approximate surface area is 74.6 Å². The number of nitrogens with one attached hydrogen (secondary N) is 1. The lowest BCUT2D eigenvalue weighted by molar-refractivity contribution is 0.492. The molecule has 0 amide bonds. The van der Waals surface area contributed by atoms with Gasteiger partial charge in [-0.2, -0.15) is 0 Å². The molecule has 11 heavy (non-hydrogen) atoms. The van der Waals surface area contributed by atoms with Gasteiger partial charge in [-0.1, -0.05) is 44.8 Å². The normalized spacial score (nSPS) is 22.6. The minimum absolute atomic E-state index is 0.724. The highest BCUT2D eigenvalue weighted by atomic mass is 32.1. The minimum atomic E-state index is 0.724. The maximum Gasteiger partial charge on any atom is 0.0802 e. The fourth-order valence-corrected chi connectivity index (χ4v) is 1.66. The SMILES string of the molecule is CCCCCCC1CNC1=S. The first-order valence-electron chi connectivity index (χ1n) is 4.62. The van der Waals surface area contributed by atoms with Crippen LogP contribution in [0.2, 0.25) is 0 Å². The molecule has 0 radical (unpaired) electrons. The van der Waals surface area contributed by atoms with Crippen molar-refractivity contribution in [1.29, 1.82) is 0 Å². The van der Waals surface area contributed by atoms with Crippen molar-refractivity contribution in [1.82, 2.24) is 5.32 Å². The van der Waals surface area contributed by atoms with Gasteiger partial charge in [0.15, 0.2) is 0 Å². The number of unbranched alkanes of at least 4 members (excludes halogenated alkanes) is 3. The quantitative estimate of drug-likeness (QED) is 0.504. The molecule has 1 atom stereocenters. The highest BCUT2D eigenvalue weighted by molar-refractivity contribution is 7.80. The topological polar surface area (TPSA) is 12.0 Å². The first-order valence-corrected chi connectivity index (χ1v) is 5.03. The first-order chi connectivity index (χ1) is 5.34. The summed E-state index contributed by atoms with van der Waals surface area (Å²) in [5, 5.41) is 3.13. The van der Waals surface area contributed by atoms with E-state index in [2.05, 4.69) is 12.2 Å². The van der Waals surface area contributed by atoms with Gasteiger partial charge in [-0.3, -0.25) is 0 Å². The zero-order chi connectivity index (χ0) is 8.10. The van der Waals surface area contributed by atoms with Gasteiger partial charge in [0.25, 0.3) is 0 Å². The Kier molecular flexibility index (Phi) is 3.84. The van der Waals surface area contributed by atoms with Gasteiger partial charge in [-0.25, -0.2) is 0 Å². The van der Waals surface area contributed by atoms with Gasteiger partial charge in [-0.15, -0.1) is 0 Å². The molecule has 1 saturated heterocycles. The van der Waals surface area contributed by atoms with Crippen LogP contribution in [0.1, 0.15) is 39.0 Å². The van der Waals surface area contributed by atoms with E-state index in [1.165, 1.54) is 32.1 Å². The summed E-state index contributed by atoms with van der Waals surface area (Å²) in [7, 11) is 0. The van der Waals surface area contributed by atoms with E-state index in [0.717, 1.165) is 17.5 Å². The van der Waals surface area contributed by atoms with Crippen LogP contribution in [0, 0.1) is 5.92 Å². The van der Waals surface area contributed by atoms with Crippen molar-refractivity contribution < 1.29 is 0 Å². The third-order valence-corrected chi connectivity index (χ3v) is 2.78. The van der Waals surface area contributed by atoms with Gasteiger partial charge in [0.1, 0.15) is 0 Å². The molecule has 1 unspecified atom stereocenters. The van der Waals surface area contributed by atoms with Crippen molar-refractivity contribution in [2.24, 2.45) is 5.92 Å². The van der Waals surface area contributed by atoms with Gasteiger partial charge >= 0.3 is 0 Å². The summed E-state index contributed by atoms with van der Waals surface area (Å²) in [5.41, 5.74) is 0. The van der Waals surface area contributed by atoms with E-state index in [-0.39, 0.29) is 0 Å². The summed E-state index contributed by atoms with van der Waals surface area (Å²) in [6, 6.07) is 0. The predicted octanol–water partition coefficient (Wildman–Crippen LogP) is 2.50. The third-order valence-electron chi connectivity index (χ3n) is 2.30. The van der Waals surface area contributed by atoms with E-state index >= 15 is 0 Å². The van der Waals surface area contributed by atoms with Crippen LogP contribution in [0.5, 0.6) is 0 Å². The van der Waals surface area contributed by atoms with Crippen molar-refractivity contribution in [3.63, 3.8) is 0 Å². The monoisotopic (exact) mass is 171 g/mol. The second-order valence-corrected chi connectivity index (χ2v) is 3.73. The van der Waals surface area contributed by atoms with Gasteiger partial charge in [0, 0.05) is 12.5 Å². The molecule has 2 heteroatoms. The molecule has 0 aliphatic carbocycles. The summed E-state index contributed by atoms with van der Waals surface area (Å²) in [4.78, 5) is 1.10. The molecule has 0 aromatic heterocycles. The lowest BCUT2D eigenvalue weighted by Crippen LogP contribution is -2.47. The van der Waals surface area contributed by atoms with Gasteiger partial charge in [0.05, 0.1) is 4.99 Å². The summed E-state index contributed by atoms with van der Waals surface area (Å²) in [6.07, 6.45) is 6.77. The Morgan fingerprint density at radius 2 is 2.27 bits per heavy atom. The summed E-state index contributed by atoms with van der Waals surface area (Å²) in [6.45, 7) is 3.38.